The van der Waals surface area contributed by atoms with Gasteiger partial charge in [0.2, 0.25) is 5.95 Å². The molecule has 9 heteroatoms. The highest BCUT2D eigenvalue weighted by Crippen LogP contribution is 2.23. The highest BCUT2D eigenvalue weighted by molar-refractivity contribution is 5.94. The monoisotopic (exact) mass is 446 g/mol. The van der Waals surface area contributed by atoms with Crippen LogP contribution in [0.3, 0.4) is 0 Å². The van der Waals surface area contributed by atoms with E-state index in [1.807, 2.05) is 11.8 Å². The second-order valence-corrected chi connectivity index (χ2v) is 8.67. The molecule has 170 valence electrons. The number of carbonyl (C=O) groups is 2. The van der Waals surface area contributed by atoms with Crippen LogP contribution in [0.15, 0.2) is 41.2 Å². The number of hydrogen-bond donors (Lipinski definition) is 2. The zero-order valence-electron chi connectivity index (χ0n) is 18.7. The van der Waals surface area contributed by atoms with Crippen LogP contribution in [0.1, 0.15) is 35.8 Å². The number of Topliss-reactive ketones (excluding diaryl/α,β-unsaturated/α-hetero) is 1. The van der Waals surface area contributed by atoms with Gasteiger partial charge >= 0.3 is 0 Å². The summed E-state index contributed by atoms with van der Waals surface area (Å²) >= 11 is 0. The van der Waals surface area contributed by atoms with Gasteiger partial charge in [0.25, 0.3) is 11.5 Å². The van der Waals surface area contributed by atoms with E-state index in [4.69, 9.17) is 4.98 Å². The Morgan fingerprint density at radius 1 is 1.09 bits per heavy atom. The Hall–Kier alpha value is -3.59. The van der Waals surface area contributed by atoms with Crippen molar-refractivity contribution < 1.29 is 9.59 Å². The maximum Gasteiger partial charge on any atom is 0.256 e. The van der Waals surface area contributed by atoms with E-state index in [1.165, 1.54) is 10.6 Å². The van der Waals surface area contributed by atoms with Crippen LogP contribution < -0.4 is 21.1 Å². The van der Waals surface area contributed by atoms with Crippen molar-refractivity contribution in [1.29, 1.82) is 0 Å². The number of rotatable bonds is 5. The van der Waals surface area contributed by atoms with Gasteiger partial charge in [-0.3, -0.25) is 19.0 Å². The maximum atomic E-state index is 12.9. The number of ketones is 1. The van der Waals surface area contributed by atoms with Gasteiger partial charge in [0.1, 0.15) is 6.04 Å². The second-order valence-electron chi connectivity index (χ2n) is 8.67. The molecular formula is C24H26N6O3. The van der Waals surface area contributed by atoms with Crippen molar-refractivity contribution in [2.75, 3.05) is 24.5 Å². The summed E-state index contributed by atoms with van der Waals surface area (Å²) in [5.74, 6) is 0.360. The molecule has 33 heavy (non-hydrogen) atoms. The molecule has 1 unspecified atom stereocenters. The molecule has 1 amide bonds. The molecule has 1 aliphatic heterocycles. The first-order valence-corrected chi connectivity index (χ1v) is 11.2. The predicted octanol–water partition coefficient (Wildman–Crippen LogP) is 1.35. The minimum Gasteiger partial charge on any atom is -0.349 e. The summed E-state index contributed by atoms with van der Waals surface area (Å²) in [5, 5.41) is 6.96. The minimum absolute atomic E-state index is 0.0362. The number of fused-ring (bicyclic) bond motifs is 1. The van der Waals surface area contributed by atoms with Crippen LogP contribution in [0.25, 0.3) is 16.7 Å². The number of carbonyl (C=O) groups excluding carboxylic acids is 2. The molecule has 1 atom stereocenters. The van der Waals surface area contributed by atoms with Crippen molar-refractivity contribution in [3.63, 3.8) is 0 Å². The van der Waals surface area contributed by atoms with E-state index in [0.717, 1.165) is 30.5 Å². The molecule has 9 nitrogen and oxygen atoms in total. The molecule has 5 rings (SSSR count). The average Bonchev–Trinajstić information content (AvgIpc) is 3.63. The quantitative estimate of drug-likeness (QED) is 0.609. The Morgan fingerprint density at radius 3 is 2.55 bits per heavy atom. The summed E-state index contributed by atoms with van der Waals surface area (Å²) in [5.41, 5.74) is 2.13. The zero-order chi connectivity index (χ0) is 23.1. The van der Waals surface area contributed by atoms with Gasteiger partial charge in [0, 0.05) is 42.7 Å². The van der Waals surface area contributed by atoms with Gasteiger partial charge < -0.3 is 15.5 Å². The van der Waals surface area contributed by atoms with Crippen molar-refractivity contribution in [2.24, 2.45) is 0 Å². The van der Waals surface area contributed by atoms with Crippen LogP contribution in [0.4, 0.5) is 5.95 Å². The molecule has 3 aromatic rings. The number of amides is 1. The van der Waals surface area contributed by atoms with Crippen LogP contribution in [-0.2, 0) is 4.79 Å². The van der Waals surface area contributed by atoms with E-state index < -0.39 is 0 Å². The highest BCUT2D eigenvalue weighted by atomic mass is 16.2. The van der Waals surface area contributed by atoms with Gasteiger partial charge in [-0.25, -0.2) is 4.98 Å². The summed E-state index contributed by atoms with van der Waals surface area (Å²) in [4.78, 5) is 48.8. The third-order valence-corrected chi connectivity index (χ3v) is 6.20. The van der Waals surface area contributed by atoms with Gasteiger partial charge in [-0.1, -0.05) is 0 Å². The number of nitrogens with zero attached hydrogens (tertiary/aromatic N) is 4. The number of benzene rings is 1. The molecule has 1 aliphatic carbocycles. The van der Waals surface area contributed by atoms with Crippen molar-refractivity contribution in [3.05, 3.63) is 58.0 Å². The van der Waals surface area contributed by atoms with E-state index in [2.05, 4.69) is 15.6 Å². The predicted molar refractivity (Wildman–Crippen MR) is 125 cm³/mol. The smallest absolute Gasteiger partial charge is 0.256 e. The Labute approximate surface area is 190 Å². The number of nitrogens with one attached hydrogen (secondary N) is 2. The number of aryl methyl sites for hydroxylation is 1. The Balaban J connectivity index is 1.58. The maximum absolute atomic E-state index is 12.9. The first-order chi connectivity index (χ1) is 15.9. The molecule has 2 N–H and O–H groups in total. The Kier molecular flexibility index (Phi) is 5.41. The number of anilines is 1. The van der Waals surface area contributed by atoms with E-state index in [1.54, 1.807) is 37.3 Å². The van der Waals surface area contributed by atoms with Gasteiger partial charge in [-0.05, 0) is 57.0 Å². The van der Waals surface area contributed by atoms with Crippen LogP contribution in [-0.4, -0.2) is 57.9 Å². The zero-order valence-corrected chi connectivity index (χ0v) is 18.7. The molecule has 1 aromatic carbocycles. The summed E-state index contributed by atoms with van der Waals surface area (Å²) < 4.78 is 1.53. The molecule has 0 spiro atoms. The van der Waals surface area contributed by atoms with E-state index >= 15 is 0 Å². The summed E-state index contributed by atoms with van der Waals surface area (Å²) in [7, 11) is 0. The normalized spacial score (nSPS) is 18.4. The van der Waals surface area contributed by atoms with Crippen molar-refractivity contribution in [1.82, 2.24) is 25.2 Å². The van der Waals surface area contributed by atoms with Crippen LogP contribution in [0, 0.1) is 6.92 Å². The summed E-state index contributed by atoms with van der Waals surface area (Å²) in [6.45, 7) is 5.28. The van der Waals surface area contributed by atoms with Crippen LogP contribution >= 0.6 is 0 Å². The SMILES string of the molecule is CC(=O)C1CNCCN1c1nc(C)c2ccc(=O)n(-c3ccc(C(=O)NC4CC4)cc3)c2n1. The third-order valence-electron chi connectivity index (χ3n) is 6.20. The lowest BCUT2D eigenvalue weighted by atomic mass is 10.1. The molecule has 1 saturated heterocycles. The van der Waals surface area contributed by atoms with Crippen LogP contribution in [0.5, 0.6) is 0 Å². The molecule has 0 bridgehead atoms. The Morgan fingerprint density at radius 2 is 1.85 bits per heavy atom. The first-order valence-electron chi connectivity index (χ1n) is 11.2. The average molecular weight is 447 g/mol. The van der Waals surface area contributed by atoms with Gasteiger partial charge in [0.15, 0.2) is 11.4 Å². The number of pyridine rings is 1. The lowest BCUT2D eigenvalue weighted by molar-refractivity contribution is -0.118. The summed E-state index contributed by atoms with van der Waals surface area (Å²) in [6.07, 6.45) is 2.04. The Bertz CT molecular complexity index is 1300. The van der Waals surface area contributed by atoms with Gasteiger partial charge in [0.05, 0.1) is 11.4 Å². The third kappa shape index (κ3) is 4.11. The van der Waals surface area contributed by atoms with E-state index in [0.29, 0.717) is 35.9 Å². The standard InChI is InChI=1S/C24H26N6O3/c1-14-19-9-10-21(32)30(18-7-3-16(4-8-18)23(33)27-17-5-6-17)22(19)28-24(26-14)29-12-11-25-13-20(29)15(2)31/h3-4,7-10,17,20,25H,5-6,11-13H2,1-2H3,(H,27,33). The fourth-order valence-corrected chi connectivity index (χ4v) is 4.19. The van der Waals surface area contributed by atoms with Crippen molar-refractivity contribution >= 4 is 28.7 Å². The number of piperazine rings is 1. The minimum atomic E-state index is -0.358. The molecule has 0 radical (unpaired) electrons. The highest BCUT2D eigenvalue weighted by Gasteiger charge is 2.29. The van der Waals surface area contributed by atoms with Crippen molar-refractivity contribution in [2.45, 2.75) is 38.8 Å². The first kappa shape index (κ1) is 21.3. The lowest BCUT2D eigenvalue weighted by Gasteiger charge is -2.34. The lowest BCUT2D eigenvalue weighted by Crippen LogP contribution is -2.55. The van der Waals surface area contributed by atoms with Gasteiger partial charge in [-0.15, -0.1) is 0 Å². The fourth-order valence-electron chi connectivity index (χ4n) is 4.19. The van der Waals surface area contributed by atoms with E-state index in [-0.39, 0.29) is 29.3 Å². The molecule has 2 fully saturated rings. The van der Waals surface area contributed by atoms with Crippen LogP contribution in [0.2, 0.25) is 0 Å². The molecular weight excluding hydrogens is 420 g/mol. The molecule has 2 aromatic heterocycles. The number of aromatic nitrogens is 3. The molecule has 2 aliphatic rings. The number of hydrogen-bond acceptors (Lipinski definition) is 7. The fraction of sp³-hybridized carbons (Fsp3) is 0.375. The molecule has 3 heterocycles. The van der Waals surface area contributed by atoms with Gasteiger partial charge in [-0.2, -0.15) is 4.98 Å². The largest absolute Gasteiger partial charge is 0.349 e. The molecule has 1 saturated carbocycles. The van der Waals surface area contributed by atoms with Crippen molar-refractivity contribution in [3.8, 4) is 5.69 Å². The van der Waals surface area contributed by atoms with E-state index in [9.17, 15) is 14.4 Å². The second kappa shape index (κ2) is 8.40. The topological polar surface area (TPSA) is 109 Å². The summed E-state index contributed by atoms with van der Waals surface area (Å²) in [6, 6.07) is 10.1.